The molecule has 2 rings (SSSR count). The molecule has 0 N–H and O–H groups in total. The number of hydrogen-bond acceptors (Lipinski definition) is 4. The van der Waals surface area contributed by atoms with E-state index in [4.69, 9.17) is 32.8 Å². The van der Waals surface area contributed by atoms with Gasteiger partial charge < -0.3 is 0 Å². The SMILES string of the molecule is CCc1ccc(-c2ncc(Cl)nc2Cl)cc1.O=C=O. The maximum atomic E-state index is 8.12. The van der Waals surface area contributed by atoms with Gasteiger partial charge >= 0.3 is 6.15 Å². The molecule has 0 atom stereocenters. The standard InChI is InChI=1S/C12H10Cl2N2.CO2/c1-2-8-3-5-9(6-4-8)11-12(14)16-10(13)7-15-11;2-1-3/h3-7H,2H2,1H3;. The molecular weight excluding hydrogens is 287 g/mol. The summed E-state index contributed by atoms with van der Waals surface area (Å²) in [5, 5.41) is 0.635. The zero-order valence-corrected chi connectivity index (χ0v) is 11.6. The van der Waals surface area contributed by atoms with Crippen molar-refractivity contribution in [2.75, 3.05) is 0 Å². The molecule has 0 unspecified atom stereocenters. The molecular formula is C13H10Cl2N2O2. The van der Waals surface area contributed by atoms with Crippen molar-refractivity contribution in [3.8, 4) is 11.3 Å². The summed E-state index contributed by atoms with van der Waals surface area (Å²) in [5.74, 6) is 0. The highest BCUT2D eigenvalue weighted by molar-refractivity contribution is 6.33. The van der Waals surface area contributed by atoms with Gasteiger partial charge in [-0.3, -0.25) is 0 Å². The molecule has 0 spiro atoms. The molecule has 4 nitrogen and oxygen atoms in total. The highest BCUT2D eigenvalue weighted by Gasteiger charge is 2.06. The van der Waals surface area contributed by atoms with Crippen molar-refractivity contribution in [2.24, 2.45) is 0 Å². The third-order valence-electron chi connectivity index (χ3n) is 2.34. The van der Waals surface area contributed by atoms with Gasteiger partial charge in [-0.25, -0.2) is 9.97 Å². The van der Waals surface area contributed by atoms with Crippen LogP contribution in [0.15, 0.2) is 30.5 Å². The number of hydrogen-bond donors (Lipinski definition) is 0. The number of benzene rings is 1. The Bertz CT molecular complexity index is 580. The van der Waals surface area contributed by atoms with Crippen LogP contribution in [0.4, 0.5) is 0 Å². The minimum absolute atomic E-state index is 0.250. The maximum absolute atomic E-state index is 8.12. The van der Waals surface area contributed by atoms with Crippen LogP contribution < -0.4 is 0 Å². The lowest BCUT2D eigenvalue weighted by atomic mass is 10.1. The molecule has 19 heavy (non-hydrogen) atoms. The van der Waals surface area contributed by atoms with Gasteiger partial charge in [0, 0.05) is 5.56 Å². The van der Waals surface area contributed by atoms with E-state index in [2.05, 4.69) is 29.0 Å². The monoisotopic (exact) mass is 296 g/mol. The fourth-order valence-electron chi connectivity index (χ4n) is 1.44. The second kappa shape index (κ2) is 7.64. The van der Waals surface area contributed by atoms with Crippen molar-refractivity contribution in [1.82, 2.24) is 9.97 Å². The highest BCUT2D eigenvalue weighted by Crippen LogP contribution is 2.25. The average molecular weight is 297 g/mol. The quantitative estimate of drug-likeness (QED) is 0.852. The third-order valence-corrected chi connectivity index (χ3v) is 2.78. The molecule has 0 aliphatic carbocycles. The van der Waals surface area contributed by atoms with Crippen LogP contribution in [0.2, 0.25) is 10.3 Å². The largest absolute Gasteiger partial charge is 0.373 e. The lowest BCUT2D eigenvalue weighted by Crippen LogP contribution is -1.89. The molecule has 1 aromatic heterocycles. The Kier molecular flexibility index (Phi) is 6.16. The van der Waals surface area contributed by atoms with E-state index in [-0.39, 0.29) is 6.15 Å². The van der Waals surface area contributed by atoms with Crippen molar-refractivity contribution < 1.29 is 9.59 Å². The zero-order valence-electron chi connectivity index (χ0n) is 10.1. The Hall–Kier alpha value is -1.74. The second-order valence-corrected chi connectivity index (χ2v) is 4.21. The Labute approximate surface area is 120 Å². The molecule has 0 saturated carbocycles. The minimum atomic E-state index is 0.250. The molecule has 98 valence electrons. The molecule has 6 heteroatoms. The Morgan fingerprint density at radius 2 is 1.74 bits per heavy atom. The molecule has 0 aliphatic heterocycles. The Morgan fingerprint density at radius 1 is 1.16 bits per heavy atom. The normalized spacial score (nSPS) is 9.21. The van der Waals surface area contributed by atoms with Crippen LogP contribution in [-0.2, 0) is 16.0 Å². The fraction of sp³-hybridized carbons (Fsp3) is 0.154. The first-order chi connectivity index (χ1) is 9.12. The van der Waals surface area contributed by atoms with Crippen LogP contribution in [0, 0.1) is 0 Å². The first-order valence-corrected chi connectivity index (χ1v) is 6.14. The van der Waals surface area contributed by atoms with E-state index in [0.29, 0.717) is 16.0 Å². The van der Waals surface area contributed by atoms with Crippen LogP contribution in [0.3, 0.4) is 0 Å². The smallest absolute Gasteiger partial charge is 0.250 e. The minimum Gasteiger partial charge on any atom is -0.250 e. The topological polar surface area (TPSA) is 59.9 Å². The van der Waals surface area contributed by atoms with E-state index < -0.39 is 0 Å². The van der Waals surface area contributed by atoms with Gasteiger partial charge in [0.25, 0.3) is 0 Å². The van der Waals surface area contributed by atoms with Crippen molar-refractivity contribution in [3.63, 3.8) is 0 Å². The van der Waals surface area contributed by atoms with Gasteiger partial charge in [-0.1, -0.05) is 54.4 Å². The number of halogens is 2. The van der Waals surface area contributed by atoms with Gasteiger partial charge in [0.15, 0.2) is 5.15 Å². The summed E-state index contributed by atoms with van der Waals surface area (Å²) in [5.41, 5.74) is 2.89. The Morgan fingerprint density at radius 3 is 2.21 bits per heavy atom. The molecule has 0 saturated heterocycles. The van der Waals surface area contributed by atoms with E-state index in [9.17, 15) is 0 Å². The van der Waals surface area contributed by atoms with Crippen molar-refractivity contribution in [2.45, 2.75) is 13.3 Å². The summed E-state index contributed by atoms with van der Waals surface area (Å²) in [6.07, 6.45) is 2.76. The summed E-state index contributed by atoms with van der Waals surface area (Å²) < 4.78 is 0. The van der Waals surface area contributed by atoms with E-state index in [1.807, 2.05) is 12.1 Å². The predicted octanol–water partition coefficient (Wildman–Crippen LogP) is 3.43. The lowest BCUT2D eigenvalue weighted by molar-refractivity contribution is -0.191. The van der Waals surface area contributed by atoms with E-state index in [1.165, 1.54) is 11.8 Å². The van der Waals surface area contributed by atoms with Crippen molar-refractivity contribution in [1.29, 1.82) is 0 Å². The van der Waals surface area contributed by atoms with E-state index in [1.54, 1.807) is 0 Å². The summed E-state index contributed by atoms with van der Waals surface area (Å²) in [6, 6.07) is 8.09. The van der Waals surface area contributed by atoms with Gasteiger partial charge in [0.2, 0.25) is 0 Å². The van der Waals surface area contributed by atoms with Gasteiger partial charge in [0.05, 0.1) is 6.20 Å². The van der Waals surface area contributed by atoms with Crippen molar-refractivity contribution >= 4 is 29.4 Å². The lowest BCUT2D eigenvalue weighted by Gasteiger charge is -2.04. The molecule has 0 amide bonds. The molecule has 1 aromatic carbocycles. The number of aryl methyl sites for hydroxylation is 1. The van der Waals surface area contributed by atoms with Crippen molar-refractivity contribution in [3.05, 3.63) is 46.3 Å². The summed E-state index contributed by atoms with van der Waals surface area (Å²) >= 11 is 11.7. The third kappa shape index (κ3) is 4.45. The molecule has 0 bridgehead atoms. The van der Waals surface area contributed by atoms with Crippen LogP contribution >= 0.6 is 23.2 Å². The van der Waals surface area contributed by atoms with Gasteiger partial charge in [-0.2, -0.15) is 9.59 Å². The van der Waals surface area contributed by atoms with Crippen LogP contribution in [0.5, 0.6) is 0 Å². The number of carbonyl (C=O) groups excluding carboxylic acids is 2. The summed E-state index contributed by atoms with van der Waals surface area (Å²) in [7, 11) is 0. The average Bonchev–Trinajstić information content (AvgIpc) is 2.40. The molecule has 0 aliphatic rings. The fourth-order valence-corrected chi connectivity index (χ4v) is 1.86. The molecule has 2 aromatic rings. The highest BCUT2D eigenvalue weighted by atomic mass is 35.5. The zero-order chi connectivity index (χ0) is 14.3. The van der Waals surface area contributed by atoms with Crippen LogP contribution in [0.1, 0.15) is 12.5 Å². The summed E-state index contributed by atoms with van der Waals surface area (Å²) in [4.78, 5) is 24.4. The summed E-state index contributed by atoms with van der Waals surface area (Å²) in [6.45, 7) is 2.12. The predicted molar refractivity (Wildman–Crippen MR) is 71.9 cm³/mol. The van der Waals surface area contributed by atoms with Crippen LogP contribution in [-0.4, -0.2) is 16.1 Å². The van der Waals surface area contributed by atoms with Gasteiger partial charge in [-0.15, -0.1) is 0 Å². The maximum Gasteiger partial charge on any atom is 0.373 e. The number of rotatable bonds is 2. The van der Waals surface area contributed by atoms with E-state index >= 15 is 0 Å². The van der Waals surface area contributed by atoms with Crippen LogP contribution in [0.25, 0.3) is 11.3 Å². The molecule has 0 fully saturated rings. The first kappa shape index (κ1) is 15.3. The first-order valence-electron chi connectivity index (χ1n) is 5.39. The van der Waals surface area contributed by atoms with E-state index in [0.717, 1.165) is 12.0 Å². The molecule has 1 heterocycles. The Balaban J connectivity index is 0.000000550. The van der Waals surface area contributed by atoms with Gasteiger partial charge in [-0.05, 0) is 12.0 Å². The molecule has 0 radical (unpaired) electrons. The second-order valence-electron chi connectivity index (χ2n) is 3.47. The number of nitrogens with zero attached hydrogens (tertiary/aromatic N) is 2. The van der Waals surface area contributed by atoms with Gasteiger partial charge in [0.1, 0.15) is 10.8 Å². The number of aromatic nitrogens is 2.